The zero-order valence-corrected chi connectivity index (χ0v) is 11.6. The van der Waals surface area contributed by atoms with Crippen LogP contribution >= 0.6 is 0 Å². The highest BCUT2D eigenvalue weighted by molar-refractivity contribution is 6.00. The Labute approximate surface area is 109 Å². The van der Waals surface area contributed by atoms with Crippen molar-refractivity contribution in [1.82, 2.24) is 4.90 Å². The van der Waals surface area contributed by atoms with E-state index in [0.29, 0.717) is 12.3 Å². The predicted octanol–water partition coefficient (Wildman–Crippen LogP) is 2.52. The molecule has 0 aliphatic carbocycles. The summed E-state index contributed by atoms with van der Waals surface area (Å²) in [6, 6.07) is 5.89. The fraction of sp³-hybridized carbons (Fsp3) is 0.500. The summed E-state index contributed by atoms with van der Waals surface area (Å²) in [7, 11) is 4.08. The summed E-state index contributed by atoms with van der Waals surface area (Å²) < 4.78 is 5.75. The molecule has 1 N–H and O–H groups in total. The molecule has 0 radical (unpaired) electrons. The maximum Gasteiger partial charge on any atom is 0.128 e. The molecule has 0 aromatic heterocycles. The SMILES string of the molecule is C/C(=N\O)c1cc(C)ccc1OCCCN(C)C. The summed E-state index contributed by atoms with van der Waals surface area (Å²) in [5.74, 6) is 0.773. The lowest BCUT2D eigenvalue weighted by Crippen LogP contribution is -2.16. The van der Waals surface area contributed by atoms with E-state index in [2.05, 4.69) is 10.1 Å². The van der Waals surface area contributed by atoms with Crippen LogP contribution in [0.2, 0.25) is 0 Å². The summed E-state index contributed by atoms with van der Waals surface area (Å²) in [5, 5.41) is 12.1. The number of nitrogens with zero attached hydrogens (tertiary/aromatic N) is 2. The summed E-state index contributed by atoms with van der Waals surface area (Å²) in [4.78, 5) is 2.12. The summed E-state index contributed by atoms with van der Waals surface area (Å²) >= 11 is 0. The zero-order valence-electron chi connectivity index (χ0n) is 11.6. The van der Waals surface area contributed by atoms with Crippen molar-refractivity contribution in [2.45, 2.75) is 20.3 Å². The van der Waals surface area contributed by atoms with E-state index in [1.807, 2.05) is 39.2 Å². The third-order valence-electron chi connectivity index (χ3n) is 2.68. The molecule has 0 unspecified atom stereocenters. The molecule has 1 rings (SSSR count). The Morgan fingerprint density at radius 2 is 2.11 bits per heavy atom. The molecule has 0 bridgehead atoms. The number of benzene rings is 1. The van der Waals surface area contributed by atoms with E-state index in [1.54, 1.807) is 6.92 Å². The second-order valence-corrected chi connectivity index (χ2v) is 4.69. The van der Waals surface area contributed by atoms with Crippen molar-refractivity contribution in [3.05, 3.63) is 29.3 Å². The lowest BCUT2D eigenvalue weighted by atomic mass is 10.1. The highest BCUT2D eigenvalue weighted by atomic mass is 16.5. The lowest BCUT2D eigenvalue weighted by molar-refractivity contribution is 0.280. The monoisotopic (exact) mass is 250 g/mol. The number of ether oxygens (including phenoxy) is 1. The van der Waals surface area contributed by atoms with Gasteiger partial charge < -0.3 is 14.8 Å². The molecular formula is C14H22N2O2. The van der Waals surface area contributed by atoms with Crippen LogP contribution in [-0.4, -0.2) is 43.1 Å². The van der Waals surface area contributed by atoms with Gasteiger partial charge in [0.05, 0.1) is 12.3 Å². The van der Waals surface area contributed by atoms with E-state index in [9.17, 15) is 0 Å². The fourth-order valence-corrected chi connectivity index (χ4v) is 1.67. The van der Waals surface area contributed by atoms with Gasteiger partial charge in [0.25, 0.3) is 0 Å². The molecule has 0 spiro atoms. The topological polar surface area (TPSA) is 45.1 Å². The molecule has 4 heteroatoms. The minimum Gasteiger partial charge on any atom is -0.493 e. The van der Waals surface area contributed by atoms with E-state index in [1.165, 1.54) is 0 Å². The molecule has 18 heavy (non-hydrogen) atoms. The van der Waals surface area contributed by atoms with E-state index in [0.717, 1.165) is 29.8 Å². The fourth-order valence-electron chi connectivity index (χ4n) is 1.67. The van der Waals surface area contributed by atoms with Gasteiger partial charge in [-0.3, -0.25) is 0 Å². The second kappa shape index (κ2) is 7.01. The smallest absolute Gasteiger partial charge is 0.128 e. The first-order valence-corrected chi connectivity index (χ1v) is 6.12. The van der Waals surface area contributed by atoms with Gasteiger partial charge >= 0.3 is 0 Å². The third kappa shape index (κ3) is 4.37. The third-order valence-corrected chi connectivity index (χ3v) is 2.68. The van der Waals surface area contributed by atoms with Crippen molar-refractivity contribution in [3.8, 4) is 5.75 Å². The maximum atomic E-state index is 8.87. The van der Waals surface area contributed by atoms with Crippen molar-refractivity contribution in [2.24, 2.45) is 5.16 Å². The molecule has 0 atom stereocenters. The van der Waals surface area contributed by atoms with E-state index in [4.69, 9.17) is 9.94 Å². The predicted molar refractivity (Wildman–Crippen MR) is 73.8 cm³/mol. The minimum atomic E-state index is 0.571. The van der Waals surface area contributed by atoms with E-state index >= 15 is 0 Å². The molecule has 0 fully saturated rings. The summed E-state index contributed by atoms with van der Waals surface area (Å²) in [6.45, 7) is 5.42. The highest BCUT2D eigenvalue weighted by Gasteiger charge is 2.07. The van der Waals surface area contributed by atoms with Gasteiger partial charge in [0.15, 0.2) is 0 Å². The normalized spacial score (nSPS) is 11.9. The average molecular weight is 250 g/mol. The largest absolute Gasteiger partial charge is 0.493 e. The molecule has 0 saturated heterocycles. The molecular weight excluding hydrogens is 228 g/mol. The van der Waals surface area contributed by atoms with Crippen LogP contribution in [-0.2, 0) is 0 Å². The van der Waals surface area contributed by atoms with Crippen LogP contribution in [0.5, 0.6) is 5.75 Å². The zero-order chi connectivity index (χ0) is 13.5. The molecule has 1 aromatic carbocycles. The summed E-state index contributed by atoms with van der Waals surface area (Å²) in [5.41, 5.74) is 2.54. The number of hydrogen-bond acceptors (Lipinski definition) is 4. The van der Waals surface area contributed by atoms with Gasteiger partial charge in [0.2, 0.25) is 0 Å². The van der Waals surface area contributed by atoms with Gasteiger partial charge in [-0.1, -0.05) is 16.8 Å². The molecule has 0 aliphatic rings. The molecule has 4 nitrogen and oxygen atoms in total. The standard InChI is InChI=1S/C14H22N2O2/c1-11-6-7-14(13(10-11)12(2)15-17)18-9-5-8-16(3)4/h6-7,10,17H,5,8-9H2,1-4H3/b15-12+. The Balaban J connectivity index is 2.70. The van der Waals surface area contributed by atoms with Crippen LogP contribution in [0.25, 0.3) is 0 Å². The van der Waals surface area contributed by atoms with Crippen LogP contribution in [0.4, 0.5) is 0 Å². The summed E-state index contributed by atoms with van der Waals surface area (Å²) in [6.07, 6.45) is 0.968. The molecule has 0 saturated carbocycles. The average Bonchev–Trinajstić information content (AvgIpc) is 2.34. The molecule has 0 amide bonds. The van der Waals surface area contributed by atoms with Gasteiger partial charge in [-0.25, -0.2) is 0 Å². The van der Waals surface area contributed by atoms with Crippen molar-refractivity contribution >= 4 is 5.71 Å². The molecule has 0 aliphatic heterocycles. The Kier molecular flexibility index (Phi) is 5.65. The number of rotatable bonds is 6. The first kappa shape index (κ1) is 14.5. The van der Waals surface area contributed by atoms with Gasteiger partial charge in [-0.2, -0.15) is 0 Å². The first-order valence-electron chi connectivity index (χ1n) is 6.12. The number of aryl methyl sites for hydroxylation is 1. The van der Waals surface area contributed by atoms with Crippen LogP contribution in [0.15, 0.2) is 23.4 Å². The van der Waals surface area contributed by atoms with Crippen LogP contribution in [0.1, 0.15) is 24.5 Å². The Hall–Kier alpha value is -1.55. The number of hydrogen-bond donors (Lipinski definition) is 1. The molecule has 1 aromatic rings. The lowest BCUT2D eigenvalue weighted by Gasteiger charge is -2.13. The van der Waals surface area contributed by atoms with Gasteiger partial charge in [-0.15, -0.1) is 0 Å². The van der Waals surface area contributed by atoms with Crippen LogP contribution < -0.4 is 4.74 Å². The van der Waals surface area contributed by atoms with Crippen molar-refractivity contribution in [2.75, 3.05) is 27.2 Å². The highest BCUT2D eigenvalue weighted by Crippen LogP contribution is 2.21. The first-order chi connectivity index (χ1) is 8.54. The minimum absolute atomic E-state index is 0.571. The Bertz CT molecular complexity index is 414. The quantitative estimate of drug-likeness (QED) is 0.365. The van der Waals surface area contributed by atoms with Crippen LogP contribution in [0.3, 0.4) is 0 Å². The van der Waals surface area contributed by atoms with Crippen LogP contribution in [0, 0.1) is 6.92 Å². The Morgan fingerprint density at radius 1 is 1.39 bits per heavy atom. The second-order valence-electron chi connectivity index (χ2n) is 4.69. The molecule has 0 heterocycles. The molecule has 100 valence electrons. The van der Waals surface area contributed by atoms with Gasteiger partial charge in [0, 0.05) is 12.1 Å². The van der Waals surface area contributed by atoms with E-state index in [-0.39, 0.29) is 0 Å². The van der Waals surface area contributed by atoms with Crippen molar-refractivity contribution in [1.29, 1.82) is 0 Å². The van der Waals surface area contributed by atoms with Gasteiger partial charge in [0.1, 0.15) is 5.75 Å². The van der Waals surface area contributed by atoms with Crippen molar-refractivity contribution < 1.29 is 9.94 Å². The number of oxime groups is 1. The van der Waals surface area contributed by atoms with E-state index < -0.39 is 0 Å². The maximum absolute atomic E-state index is 8.87. The van der Waals surface area contributed by atoms with Gasteiger partial charge in [-0.05, 0) is 46.5 Å². The Morgan fingerprint density at radius 3 is 2.72 bits per heavy atom. The van der Waals surface area contributed by atoms with Crippen molar-refractivity contribution in [3.63, 3.8) is 0 Å².